The molecule has 0 aromatic carbocycles. The van der Waals surface area contributed by atoms with Crippen LogP contribution in [0.15, 0.2) is 9.98 Å². The summed E-state index contributed by atoms with van der Waals surface area (Å²) in [5.41, 5.74) is 0.00152. The summed E-state index contributed by atoms with van der Waals surface area (Å²) in [6, 6.07) is 0.455. The topological polar surface area (TPSA) is 43.2 Å². The summed E-state index contributed by atoms with van der Waals surface area (Å²) in [5.74, 6) is 1.74. The first kappa shape index (κ1) is 14.4. The van der Waals surface area contributed by atoms with Crippen LogP contribution in [0.3, 0.4) is 0 Å². The number of aliphatic imine (C=N–C) groups is 2. The fourth-order valence-corrected chi connectivity index (χ4v) is 2.21. The molecule has 0 saturated carbocycles. The van der Waals surface area contributed by atoms with Gasteiger partial charge in [-0.25, -0.2) is 9.98 Å². The molecule has 0 amide bonds. The quantitative estimate of drug-likeness (QED) is 0.771. The van der Waals surface area contributed by atoms with Gasteiger partial charge in [-0.05, 0) is 6.42 Å². The van der Waals surface area contributed by atoms with Gasteiger partial charge in [-0.1, -0.05) is 41.5 Å². The minimum absolute atomic E-state index is 0.000758. The van der Waals surface area contributed by atoms with Crippen LogP contribution < -0.4 is 0 Å². The minimum atomic E-state index is 0.000758. The van der Waals surface area contributed by atoms with Crippen LogP contribution in [0.25, 0.3) is 0 Å². The van der Waals surface area contributed by atoms with Gasteiger partial charge >= 0.3 is 0 Å². The Hall–Kier alpha value is -1.06. The molecule has 0 aromatic heterocycles. The monoisotopic (exact) mass is 266 g/mol. The zero-order chi connectivity index (χ0) is 14.3. The number of nitrogens with zero attached hydrogens (tertiary/aromatic N) is 2. The molecule has 19 heavy (non-hydrogen) atoms. The van der Waals surface area contributed by atoms with Crippen LogP contribution in [0.5, 0.6) is 0 Å². The molecule has 2 aliphatic rings. The molecule has 108 valence electrons. The van der Waals surface area contributed by atoms with Gasteiger partial charge in [0.2, 0.25) is 0 Å². The molecule has 2 rings (SSSR count). The predicted molar refractivity (Wildman–Crippen MR) is 77.9 cm³/mol. The zero-order valence-corrected chi connectivity index (χ0v) is 13.0. The van der Waals surface area contributed by atoms with Gasteiger partial charge in [0.25, 0.3) is 0 Å². The summed E-state index contributed by atoms with van der Waals surface area (Å²) >= 11 is 0. The van der Waals surface area contributed by atoms with E-state index < -0.39 is 0 Å². The molecule has 0 aromatic rings. The van der Waals surface area contributed by atoms with E-state index in [-0.39, 0.29) is 22.9 Å². The summed E-state index contributed by atoms with van der Waals surface area (Å²) in [4.78, 5) is 9.36. The molecule has 0 spiro atoms. The van der Waals surface area contributed by atoms with Crippen LogP contribution >= 0.6 is 0 Å². The van der Waals surface area contributed by atoms with Crippen molar-refractivity contribution in [1.82, 2.24) is 0 Å². The van der Waals surface area contributed by atoms with E-state index in [1.54, 1.807) is 0 Å². The van der Waals surface area contributed by atoms with E-state index in [1.807, 2.05) is 0 Å². The fraction of sp³-hybridized carbons (Fsp3) is 0.867. The molecule has 2 heterocycles. The van der Waals surface area contributed by atoms with E-state index in [9.17, 15) is 0 Å². The van der Waals surface area contributed by atoms with Gasteiger partial charge < -0.3 is 9.47 Å². The molecular weight excluding hydrogens is 240 g/mol. The second-order valence-electron chi connectivity index (χ2n) is 7.53. The van der Waals surface area contributed by atoms with Crippen LogP contribution in [0.1, 0.15) is 48.0 Å². The Labute approximate surface area is 116 Å². The minimum Gasteiger partial charge on any atom is -0.478 e. The Morgan fingerprint density at radius 3 is 1.47 bits per heavy atom. The SMILES string of the molecule is CC(C)(C)C1=N[C@@H](C[C@H]2COC(C(C)(C)C)=N2)CO1. The molecule has 0 unspecified atom stereocenters. The van der Waals surface area contributed by atoms with Crippen LogP contribution in [0, 0.1) is 10.8 Å². The third-order valence-electron chi connectivity index (χ3n) is 3.25. The highest BCUT2D eigenvalue weighted by molar-refractivity contribution is 5.83. The average Bonchev–Trinajstić information content (AvgIpc) is 2.84. The lowest BCUT2D eigenvalue weighted by Crippen LogP contribution is -2.20. The summed E-state index contributed by atoms with van der Waals surface area (Å²) in [6.45, 7) is 14.1. The van der Waals surface area contributed by atoms with Gasteiger partial charge in [0.05, 0.1) is 12.1 Å². The third-order valence-corrected chi connectivity index (χ3v) is 3.25. The molecule has 2 atom stereocenters. The van der Waals surface area contributed by atoms with Crippen LogP contribution in [-0.2, 0) is 9.47 Å². The highest BCUT2D eigenvalue weighted by Crippen LogP contribution is 2.27. The highest BCUT2D eigenvalue weighted by atomic mass is 16.5. The van der Waals surface area contributed by atoms with Crippen LogP contribution in [0.4, 0.5) is 0 Å². The van der Waals surface area contributed by atoms with E-state index in [0.717, 1.165) is 18.2 Å². The lowest BCUT2D eigenvalue weighted by atomic mass is 9.97. The van der Waals surface area contributed by atoms with E-state index in [2.05, 4.69) is 51.5 Å². The maximum Gasteiger partial charge on any atom is 0.189 e. The largest absolute Gasteiger partial charge is 0.478 e. The van der Waals surface area contributed by atoms with Crippen molar-refractivity contribution in [3.05, 3.63) is 0 Å². The Balaban J connectivity index is 1.94. The van der Waals surface area contributed by atoms with Crippen LogP contribution in [-0.4, -0.2) is 37.1 Å². The van der Waals surface area contributed by atoms with E-state index in [4.69, 9.17) is 9.47 Å². The van der Waals surface area contributed by atoms with Crippen molar-refractivity contribution in [2.24, 2.45) is 20.8 Å². The van der Waals surface area contributed by atoms with Crippen molar-refractivity contribution in [2.45, 2.75) is 60.0 Å². The normalized spacial score (nSPS) is 27.7. The fourth-order valence-electron chi connectivity index (χ4n) is 2.21. The second-order valence-corrected chi connectivity index (χ2v) is 7.53. The number of hydrogen-bond donors (Lipinski definition) is 0. The number of ether oxygens (including phenoxy) is 2. The van der Waals surface area contributed by atoms with Gasteiger partial charge in [0.15, 0.2) is 11.8 Å². The molecular formula is C15H26N2O2. The van der Waals surface area contributed by atoms with Gasteiger partial charge in [-0.15, -0.1) is 0 Å². The zero-order valence-electron chi connectivity index (χ0n) is 13.0. The average molecular weight is 266 g/mol. The lowest BCUT2D eigenvalue weighted by Gasteiger charge is -2.16. The van der Waals surface area contributed by atoms with Crippen molar-refractivity contribution in [2.75, 3.05) is 13.2 Å². The first-order valence-corrected chi connectivity index (χ1v) is 7.08. The third kappa shape index (κ3) is 3.48. The summed E-state index contributed by atoms with van der Waals surface area (Å²) in [6.07, 6.45) is 0.916. The smallest absolute Gasteiger partial charge is 0.189 e. The standard InChI is InChI=1S/C15H26N2O2/c1-14(2,3)12-16-10(8-18-12)7-11-9-19-13(17-11)15(4,5)6/h10-11H,7-9H2,1-6H3/t10-,11-/m0/s1. The molecule has 0 N–H and O–H groups in total. The Morgan fingerprint density at radius 1 is 0.842 bits per heavy atom. The van der Waals surface area contributed by atoms with Gasteiger partial charge in [-0.3, -0.25) is 0 Å². The number of hydrogen-bond acceptors (Lipinski definition) is 4. The molecule has 0 saturated heterocycles. The maximum absolute atomic E-state index is 5.70. The van der Waals surface area contributed by atoms with Crippen molar-refractivity contribution < 1.29 is 9.47 Å². The summed E-state index contributed by atoms with van der Waals surface area (Å²) in [5, 5.41) is 0. The molecule has 4 nitrogen and oxygen atoms in total. The van der Waals surface area contributed by atoms with E-state index >= 15 is 0 Å². The molecule has 4 heteroatoms. The Morgan fingerprint density at radius 2 is 1.21 bits per heavy atom. The molecule has 0 bridgehead atoms. The lowest BCUT2D eigenvalue weighted by molar-refractivity contribution is 0.254. The maximum atomic E-state index is 5.70. The Bertz CT molecular complexity index is 361. The molecule has 0 fully saturated rings. The predicted octanol–water partition coefficient (Wildman–Crippen LogP) is 3.06. The van der Waals surface area contributed by atoms with Crippen molar-refractivity contribution in [1.29, 1.82) is 0 Å². The van der Waals surface area contributed by atoms with Gasteiger partial charge in [0.1, 0.15) is 13.2 Å². The van der Waals surface area contributed by atoms with Gasteiger partial charge in [0, 0.05) is 10.8 Å². The van der Waals surface area contributed by atoms with E-state index in [1.165, 1.54) is 0 Å². The molecule has 0 aliphatic carbocycles. The molecule has 2 aliphatic heterocycles. The van der Waals surface area contributed by atoms with Crippen molar-refractivity contribution in [3.63, 3.8) is 0 Å². The first-order valence-electron chi connectivity index (χ1n) is 7.08. The summed E-state index contributed by atoms with van der Waals surface area (Å²) in [7, 11) is 0. The van der Waals surface area contributed by atoms with E-state index in [0.29, 0.717) is 13.2 Å². The first-order chi connectivity index (χ1) is 8.66. The van der Waals surface area contributed by atoms with Gasteiger partial charge in [-0.2, -0.15) is 0 Å². The van der Waals surface area contributed by atoms with Crippen molar-refractivity contribution >= 4 is 11.8 Å². The summed E-state index contributed by atoms with van der Waals surface area (Å²) < 4.78 is 11.4. The molecule has 0 radical (unpaired) electrons. The number of rotatable bonds is 2. The Kier molecular flexibility index (Phi) is 3.63. The second kappa shape index (κ2) is 4.80. The van der Waals surface area contributed by atoms with Crippen molar-refractivity contribution in [3.8, 4) is 0 Å². The highest BCUT2D eigenvalue weighted by Gasteiger charge is 2.33. The van der Waals surface area contributed by atoms with Crippen LogP contribution in [0.2, 0.25) is 0 Å².